The molecule has 0 aromatic heterocycles. The van der Waals surface area contributed by atoms with Gasteiger partial charge in [-0.2, -0.15) is 0 Å². The third-order valence-corrected chi connectivity index (χ3v) is 4.00. The maximum Gasteiger partial charge on any atom is 0.407 e. The van der Waals surface area contributed by atoms with Crippen LogP contribution in [-0.2, 0) is 9.47 Å². The third kappa shape index (κ3) is 7.99. The Hall–Kier alpha value is -0.810. The van der Waals surface area contributed by atoms with Crippen LogP contribution in [0.4, 0.5) is 4.79 Å². The molecule has 0 spiro atoms. The molecule has 130 valence electrons. The average Bonchev–Trinajstić information content (AvgIpc) is 2.43. The zero-order chi connectivity index (χ0) is 16.6. The zero-order valence-electron chi connectivity index (χ0n) is 14.9. The smallest absolute Gasteiger partial charge is 0.407 e. The highest BCUT2D eigenvalue weighted by Gasteiger charge is 2.26. The number of hydrogen-bond acceptors (Lipinski definition) is 4. The van der Waals surface area contributed by atoms with E-state index in [4.69, 9.17) is 9.47 Å². The number of nitrogens with one attached hydrogen (secondary N) is 2. The summed E-state index contributed by atoms with van der Waals surface area (Å²) in [5, 5.41) is 6.53. The van der Waals surface area contributed by atoms with E-state index in [1.807, 2.05) is 20.8 Å². The van der Waals surface area contributed by atoms with E-state index in [1.165, 1.54) is 32.1 Å². The minimum atomic E-state index is -0.457. The summed E-state index contributed by atoms with van der Waals surface area (Å²) in [6, 6.07) is 0.551. The van der Waals surface area contributed by atoms with Gasteiger partial charge in [-0.25, -0.2) is 4.79 Å². The van der Waals surface area contributed by atoms with Crippen LogP contribution >= 0.6 is 0 Å². The normalized spacial score (nSPS) is 19.5. The van der Waals surface area contributed by atoms with E-state index in [0.29, 0.717) is 19.1 Å². The predicted octanol–water partition coefficient (Wildman–Crippen LogP) is 3.08. The van der Waals surface area contributed by atoms with Gasteiger partial charge in [0.05, 0.1) is 6.61 Å². The minimum Gasteiger partial charge on any atom is -0.444 e. The molecule has 5 nitrogen and oxygen atoms in total. The molecule has 22 heavy (non-hydrogen) atoms. The SMILES string of the molecule is COCC(C)NC(CNC(=O)OC(C)(C)C)C1CCCCC1. The Morgan fingerprint density at radius 3 is 2.41 bits per heavy atom. The molecule has 0 radical (unpaired) electrons. The molecule has 5 heteroatoms. The molecule has 0 aromatic carbocycles. The van der Waals surface area contributed by atoms with Gasteiger partial charge < -0.3 is 20.1 Å². The van der Waals surface area contributed by atoms with Crippen molar-refractivity contribution in [3.63, 3.8) is 0 Å². The molecule has 1 rings (SSSR count). The van der Waals surface area contributed by atoms with Crippen molar-refractivity contribution in [3.8, 4) is 0 Å². The van der Waals surface area contributed by atoms with E-state index in [0.717, 1.165) is 0 Å². The topological polar surface area (TPSA) is 59.6 Å². The largest absolute Gasteiger partial charge is 0.444 e. The first-order chi connectivity index (χ1) is 10.3. The number of alkyl carbamates (subject to hydrolysis) is 1. The van der Waals surface area contributed by atoms with Crippen LogP contribution in [0.1, 0.15) is 59.8 Å². The van der Waals surface area contributed by atoms with Crippen LogP contribution in [0.5, 0.6) is 0 Å². The molecule has 0 bridgehead atoms. The molecule has 0 heterocycles. The minimum absolute atomic E-state index is 0.275. The molecule has 1 amide bonds. The molecule has 0 aromatic rings. The number of methoxy groups -OCH3 is 1. The third-order valence-electron chi connectivity index (χ3n) is 4.00. The average molecular weight is 314 g/mol. The summed E-state index contributed by atoms with van der Waals surface area (Å²) in [7, 11) is 1.72. The number of carbonyl (C=O) groups is 1. The van der Waals surface area contributed by atoms with E-state index < -0.39 is 5.60 Å². The van der Waals surface area contributed by atoms with Crippen molar-refractivity contribution in [2.24, 2.45) is 5.92 Å². The van der Waals surface area contributed by atoms with Crippen LogP contribution in [0, 0.1) is 5.92 Å². The highest BCUT2D eigenvalue weighted by molar-refractivity contribution is 5.67. The Morgan fingerprint density at radius 1 is 1.23 bits per heavy atom. The number of ether oxygens (including phenoxy) is 2. The summed E-state index contributed by atoms with van der Waals surface area (Å²) < 4.78 is 10.5. The van der Waals surface area contributed by atoms with Gasteiger partial charge in [-0.05, 0) is 46.5 Å². The first kappa shape index (κ1) is 19.2. The van der Waals surface area contributed by atoms with Crippen molar-refractivity contribution in [2.45, 2.75) is 77.5 Å². The second kappa shape index (κ2) is 9.36. The van der Waals surface area contributed by atoms with Crippen molar-refractivity contribution in [1.82, 2.24) is 10.6 Å². The summed E-state index contributed by atoms with van der Waals surface area (Å²) in [4.78, 5) is 11.9. The Kier molecular flexibility index (Phi) is 8.18. The van der Waals surface area contributed by atoms with Crippen molar-refractivity contribution in [3.05, 3.63) is 0 Å². The number of amides is 1. The summed E-state index contributed by atoms with van der Waals surface area (Å²) >= 11 is 0. The van der Waals surface area contributed by atoms with Gasteiger partial charge in [0.15, 0.2) is 0 Å². The quantitative estimate of drug-likeness (QED) is 0.758. The molecule has 0 saturated heterocycles. The molecule has 1 aliphatic carbocycles. The second-order valence-corrected chi connectivity index (χ2v) is 7.41. The zero-order valence-corrected chi connectivity index (χ0v) is 14.9. The van der Waals surface area contributed by atoms with E-state index in [-0.39, 0.29) is 18.2 Å². The van der Waals surface area contributed by atoms with Crippen molar-refractivity contribution < 1.29 is 14.3 Å². The lowest BCUT2D eigenvalue weighted by Gasteiger charge is -2.33. The fraction of sp³-hybridized carbons (Fsp3) is 0.941. The first-order valence-electron chi connectivity index (χ1n) is 8.53. The van der Waals surface area contributed by atoms with Gasteiger partial charge in [0.1, 0.15) is 5.60 Å². The Morgan fingerprint density at radius 2 is 1.86 bits per heavy atom. The van der Waals surface area contributed by atoms with Crippen molar-refractivity contribution in [2.75, 3.05) is 20.3 Å². The molecule has 1 fully saturated rings. The van der Waals surface area contributed by atoms with Crippen molar-refractivity contribution in [1.29, 1.82) is 0 Å². The number of hydrogen-bond donors (Lipinski definition) is 2. The van der Waals surface area contributed by atoms with Gasteiger partial charge in [0, 0.05) is 25.7 Å². The number of rotatable bonds is 7. The lowest BCUT2D eigenvalue weighted by molar-refractivity contribution is 0.0512. The Labute approximate surface area is 135 Å². The standard InChI is InChI=1S/C17H34N2O3/c1-13(12-21-5)19-15(14-9-7-6-8-10-14)11-18-16(20)22-17(2,3)4/h13-15,19H,6-12H2,1-5H3,(H,18,20). The van der Waals surface area contributed by atoms with Gasteiger partial charge in [-0.1, -0.05) is 19.3 Å². The lowest BCUT2D eigenvalue weighted by atomic mass is 9.83. The van der Waals surface area contributed by atoms with Crippen molar-refractivity contribution >= 4 is 6.09 Å². The van der Waals surface area contributed by atoms with Crippen LogP contribution in [0.2, 0.25) is 0 Å². The monoisotopic (exact) mass is 314 g/mol. The van der Waals surface area contributed by atoms with Crippen LogP contribution in [0.3, 0.4) is 0 Å². The number of carbonyl (C=O) groups excluding carboxylic acids is 1. The summed E-state index contributed by atoms with van der Waals surface area (Å²) in [6.07, 6.45) is 6.02. The van der Waals surface area contributed by atoms with E-state index in [9.17, 15) is 4.79 Å². The predicted molar refractivity (Wildman–Crippen MR) is 89.1 cm³/mol. The van der Waals surface area contributed by atoms with E-state index in [2.05, 4.69) is 17.6 Å². The molecule has 1 aliphatic rings. The molecule has 2 unspecified atom stereocenters. The van der Waals surface area contributed by atoms with E-state index >= 15 is 0 Å². The fourth-order valence-electron chi connectivity index (χ4n) is 3.07. The van der Waals surface area contributed by atoms with Gasteiger partial charge >= 0.3 is 6.09 Å². The summed E-state index contributed by atoms with van der Waals surface area (Å²) in [6.45, 7) is 9.04. The van der Waals surface area contributed by atoms with Gasteiger partial charge in [0.25, 0.3) is 0 Å². The molecule has 2 atom stereocenters. The van der Waals surface area contributed by atoms with Crippen LogP contribution in [-0.4, -0.2) is 44.0 Å². The van der Waals surface area contributed by atoms with Gasteiger partial charge in [-0.15, -0.1) is 0 Å². The Balaban J connectivity index is 2.51. The molecular weight excluding hydrogens is 280 g/mol. The van der Waals surface area contributed by atoms with Crippen LogP contribution < -0.4 is 10.6 Å². The molecule has 0 aliphatic heterocycles. The first-order valence-corrected chi connectivity index (χ1v) is 8.53. The maximum absolute atomic E-state index is 11.9. The lowest BCUT2D eigenvalue weighted by Crippen LogP contribution is -2.50. The Bertz CT molecular complexity index is 322. The highest BCUT2D eigenvalue weighted by Crippen LogP contribution is 2.26. The van der Waals surface area contributed by atoms with E-state index in [1.54, 1.807) is 7.11 Å². The van der Waals surface area contributed by atoms with Gasteiger partial charge in [-0.3, -0.25) is 0 Å². The maximum atomic E-state index is 11.9. The highest BCUT2D eigenvalue weighted by atomic mass is 16.6. The second-order valence-electron chi connectivity index (χ2n) is 7.41. The van der Waals surface area contributed by atoms with Gasteiger partial charge in [0.2, 0.25) is 0 Å². The summed E-state index contributed by atoms with van der Waals surface area (Å²) in [5.41, 5.74) is -0.457. The molecular formula is C17H34N2O3. The van der Waals surface area contributed by atoms with Crippen LogP contribution in [0.25, 0.3) is 0 Å². The molecule has 2 N–H and O–H groups in total. The molecule has 1 saturated carbocycles. The van der Waals surface area contributed by atoms with Crippen LogP contribution in [0.15, 0.2) is 0 Å². The fourth-order valence-corrected chi connectivity index (χ4v) is 3.07. The summed E-state index contributed by atoms with van der Waals surface area (Å²) in [5.74, 6) is 0.614.